The molecule has 1 heterocycles. The smallest absolute Gasteiger partial charge is 0.345 e. The first-order chi connectivity index (χ1) is 16.8. The van der Waals surface area contributed by atoms with E-state index in [2.05, 4.69) is 15.6 Å². The molecule has 0 amide bonds. The Morgan fingerprint density at radius 3 is 2.54 bits per heavy atom. The van der Waals surface area contributed by atoms with Crippen LogP contribution in [0.25, 0.3) is 0 Å². The highest BCUT2D eigenvalue weighted by molar-refractivity contribution is 7.89. The first-order valence-corrected chi connectivity index (χ1v) is 12.5. The molecule has 1 aliphatic heterocycles. The Morgan fingerprint density at radius 2 is 1.89 bits per heavy atom. The number of carbonyl (C=O) groups is 2. The van der Waals surface area contributed by atoms with E-state index < -0.39 is 34.5 Å². The summed E-state index contributed by atoms with van der Waals surface area (Å²) in [5.74, 6) is -0.511. The van der Waals surface area contributed by atoms with Gasteiger partial charge < -0.3 is 25.8 Å². The van der Waals surface area contributed by atoms with Gasteiger partial charge in [-0.25, -0.2) is 13.2 Å². The standard InChI is InChI=1S/C23H29N5O6S/c1-28(35(31,32)19-6-3-2-4-7-19)20(24)16-21(29)34-22(30)17-8-10-18(11-9-17)33-15-14-27-23-25-12-5-13-26-23/h2-4,6-11,20H,5,12-16,24H2,1H3,(H2,25,26,27)/t20-/m0/s1. The number of sulfonamides is 1. The van der Waals surface area contributed by atoms with Crippen LogP contribution in [0.1, 0.15) is 23.2 Å². The fourth-order valence-electron chi connectivity index (χ4n) is 3.12. The Kier molecular flexibility index (Phi) is 9.18. The number of hydrogen-bond donors (Lipinski definition) is 3. The summed E-state index contributed by atoms with van der Waals surface area (Å²) in [6.07, 6.45) is -0.690. The molecule has 0 aromatic heterocycles. The lowest BCUT2D eigenvalue weighted by molar-refractivity contribution is -0.138. The molecule has 0 aliphatic carbocycles. The molecule has 3 rings (SSSR count). The second-order valence-electron chi connectivity index (χ2n) is 7.68. The van der Waals surface area contributed by atoms with Gasteiger partial charge in [-0.05, 0) is 42.8 Å². The predicted octanol–water partition coefficient (Wildman–Crippen LogP) is 0.683. The topological polar surface area (TPSA) is 152 Å². The average Bonchev–Trinajstić information content (AvgIpc) is 2.87. The van der Waals surface area contributed by atoms with Gasteiger partial charge >= 0.3 is 11.9 Å². The molecule has 0 spiro atoms. The largest absolute Gasteiger partial charge is 0.492 e. The number of nitrogens with one attached hydrogen (secondary N) is 2. The Balaban J connectivity index is 1.44. The molecule has 11 nitrogen and oxygen atoms in total. The predicted molar refractivity (Wildman–Crippen MR) is 129 cm³/mol. The summed E-state index contributed by atoms with van der Waals surface area (Å²) >= 11 is 0. The summed E-state index contributed by atoms with van der Waals surface area (Å²) in [7, 11) is -2.64. The molecule has 2 aromatic carbocycles. The zero-order valence-electron chi connectivity index (χ0n) is 19.3. The maximum Gasteiger partial charge on any atom is 0.345 e. The number of benzene rings is 2. The lowest BCUT2D eigenvalue weighted by Crippen LogP contribution is -2.44. The van der Waals surface area contributed by atoms with Crippen molar-refractivity contribution in [2.45, 2.75) is 23.9 Å². The van der Waals surface area contributed by atoms with Crippen molar-refractivity contribution in [3.8, 4) is 5.75 Å². The maximum atomic E-state index is 12.6. The SMILES string of the molecule is CN([C@H](N)CC(=O)OC(=O)c1ccc(OCCNC2=NCCCN2)cc1)S(=O)(=O)c1ccccc1. The number of rotatable bonds is 10. The van der Waals surface area contributed by atoms with E-state index in [0.717, 1.165) is 29.8 Å². The molecule has 0 fully saturated rings. The van der Waals surface area contributed by atoms with E-state index in [1.165, 1.54) is 31.3 Å². The Hall–Kier alpha value is -3.48. The number of nitrogens with zero attached hydrogens (tertiary/aromatic N) is 2. The minimum Gasteiger partial charge on any atom is -0.492 e. The molecule has 0 saturated carbocycles. The molecular weight excluding hydrogens is 474 g/mol. The highest BCUT2D eigenvalue weighted by atomic mass is 32.2. The summed E-state index contributed by atoms with van der Waals surface area (Å²) in [6.45, 7) is 2.63. The van der Waals surface area contributed by atoms with Crippen molar-refractivity contribution in [2.24, 2.45) is 10.7 Å². The van der Waals surface area contributed by atoms with Gasteiger partial charge in [0.15, 0.2) is 5.96 Å². The van der Waals surface area contributed by atoms with Crippen molar-refractivity contribution in [1.29, 1.82) is 0 Å². The van der Waals surface area contributed by atoms with Crippen LogP contribution in [0.5, 0.6) is 5.75 Å². The minimum atomic E-state index is -3.90. The number of carbonyl (C=O) groups excluding carboxylic acids is 2. The quantitative estimate of drug-likeness (QED) is 0.184. The molecule has 12 heteroatoms. The van der Waals surface area contributed by atoms with Gasteiger partial charge in [-0.2, -0.15) is 4.31 Å². The zero-order valence-corrected chi connectivity index (χ0v) is 20.2. The molecule has 1 atom stereocenters. The molecule has 35 heavy (non-hydrogen) atoms. The van der Waals surface area contributed by atoms with Crippen LogP contribution in [-0.4, -0.2) is 70.1 Å². The Morgan fingerprint density at radius 1 is 1.17 bits per heavy atom. The fourth-order valence-corrected chi connectivity index (χ4v) is 4.38. The molecular formula is C23H29N5O6S. The van der Waals surface area contributed by atoms with Gasteiger partial charge in [-0.3, -0.25) is 9.79 Å². The third-order valence-electron chi connectivity index (χ3n) is 5.12. The van der Waals surface area contributed by atoms with Gasteiger partial charge in [0, 0.05) is 20.1 Å². The second kappa shape index (κ2) is 12.3. The second-order valence-corrected chi connectivity index (χ2v) is 9.68. The van der Waals surface area contributed by atoms with Crippen LogP contribution in [0.15, 0.2) is 64.5 Å². The van der Waals surface area contributed by atoms with E-state index in [4.69, 9.17) is 15.2 Å². The first kappa shape index (κ1) is 26.1. The summed E-state index contributed by atoms with van der Waals surface area (Å²) in [5.41, 5.74) is 6.03. The normalized spacial score (nSPS) is 14.4. The first-order valence-electron chi connectivity index (χ1n) is 11.1. The lowest BCUT2D eigenvalue weighted by Gasteiger charge is -2.23. The van der Waals surface area contributed by atoms with Crippen molar-refractivity contribution < 1.29 is 27.5 Å². The van der Waals surface area contributed by atoms with E-state index in [1.54, 1.807) is 30.3 Å². The van der Waals surface area contributed by atoms with E-state index in [1.807, 2.05) is 0 Å². The number of guanidine groups is 1. The summed E-state index contributed by atoms with van der Waals surface area (Å²) in [4.78, 5) is 28.8. The third-order valence-corrected chi connectivity index (χ3v) is 7.02. The fraction of sp³-hybridized carbons (Fsp3) is 0.348. The Labute approximate surface area is 204 Å². The molecule has 0 saturated heterocycles. The highest BCUT2D eigenvalue weighted by Crippen LogP contribution is 2.17. The van der Waals surface area contributed by atoms with Crippen LogP contribution < -0.4 is 21.1 Å². The number of aliphatic imine (C=N–C) groups is 1. The van der Waals surface area contributed by atoms with Gasteiger partial charge in [-0.15, -0.1) is 0 Å². The summed E-state index contributed by atoms with van der Waals surface area (Å²) < 4.78 is 36.5. The van der Waals surface area contributed by atoms with Gasteiger partial charge in [0.1, 0.15) is 12.4 Å². The van der Waals surface area contributed by atoms with Crippen molar-refractivity contribution in [3.05, 3.63) is 60.2 Å². The van der Waals surface area contributed by atoms with Crippen LogP contribution in [0.4, 0.5) is 0 Å². The molecule has 188 valence electrons. The Bertz CT molecular complexity index is 1140. The van der Waals surface area contributed by atoms with Gasteiger partial charge in [0.05, 0.1) is 29.6 Å². The molecule has 1 aliphatic rings. The molecule has 2 aromatic rings. The van der Waals surface area contributed by atoms with Gasteiger partial charge in [-0.1, -0.05) is 18.2 Å². The number of nitrogens with two attached hydrogens (primary N) is 1. The molecule has 0 radical (unpaired) electrons. The highest BCUT2D eigenvalue weighted by Gasteiger charge is 2.28. The number of hydrogen-bond acceptors (Lipinski definition) is 10. The van der Waals surface area contributed by atoms with Crippen LogP contribution in [0.2, 0.25) is 0 Å². The summed E-state index contributed by atoms with van der Waals surface area (Å²) in [6, 6.07) is 13.8. The van der Waals surface area contributed by atoms with E-state index in [9.17, 15) is 18.0 Å². The third kappa shape index (κ3) is 7.50. The number of ether oxygens (including phenoxy) is 2. The van der Waals surface area contributed by atoms with E-state index >= 15 is 0 Å². The summed E-state index contributed by atoms with van der Waals surface area (Å²) in [5, 5.41) is 6.29. The molecule has 4 N–H and O–H groups in total. The van der Waals surface area contributed by atoms with Crippen molar-refractivity contribution in [1.82, 2.24) is 14.9 Å². The molecule has 0 bridgehead atoms. The van der Waals surface area contributed by atoms with Crippen molar-refractivity contribution >= 4 is 27.9 Å². The van der Waals surface area contributed by atoms with E-state index in [-0.39, 0.29) is 10.5 Å². The van der Waals surface area contributed by atoms with E-state index in [0.29, 0.717) is 18.9 Å². The number of esters is 2. The van der Waals surface area contributed by atoms with Crippen LogP contribution in [0.3, 0.4) is 0 Å². The monoisotopic (exact) mass is 503 g/mol. The lowest BCUT2D eigenvalue weighted by atomic mass is 10.2. The van der Waals surface area contributed by atoms with Crippen LogP contribution in [0, 0.1) is 0 Å². The van der Waals surface area contributed by atoms with Crippen molar-refractivity contribution in [2.75, 3.05) is 33.3 Å². The van der Waals surface area contributed by atoms with Crippen LogP contribution in [-0.2, 0) is 19.6 Å². The van der Waals surface area contributed by atoms with Crippen molar-refractivity contribution in [3.63, 3.8) is 0 Å². The van der Waals surface area contributed by atoms with Gasteiger partial charge in [0.2, 0.25) is 10.0 Å². The average molecular weight is 504 g/mol. The van der Waals surface area contributed by atoms with Gasteiger partial charge in [0.25, 0.3) is 0 Å². The minimum absolute atomic E-state index is 0.0416. The zero-order chi connectivity index (χ0) is 25.3. The maximum absolute atomic E-state index is 12.6. The molecule has 0 unspecified atom stereocenters. The van der Waals surface area contributed by atoms with Crippen LogP contribution >= 0.6 is 0 Å².